The molecule has 0 saturated carbocycles. The maximum absolute atomic E-state index is 14.9. The van der Waals surface area contributed by atoms with E-state index in [4.69, 9.17) is 24.9 Å². The van der Waals surface area contributed by atoms with Gasteiger partial charge in [-0.15, -0.1) is 0 Å². The Hall–Kier alpha value is -4.20. The molecule has 0 bridgehead atoms. The van der Waals surface area contributed by atoms with Crippen molar-refractivity contribution in [2.24, 2.45) is 0 Å². The lowest BCUT2D eigenvalue weighted by Gasteiger charge is -2.14. The highest BCUT2D eigenvalue weighted by Gasteiger charge is 2.35. The number of methoxy groups -OCH3 is 1. The minimum Gasteiger partial charge on any atom is -0.497 e. The molecule has 0 aliphatic heterocycles. The topological polar surface area (TPSA) is 160 Å². The van der Waals surface area contributed by atoms with Gasteiger partial charge in [0.15, 0.2) is 11.7 Å². The Balaban J connectivity index is 2.67. The van der Waals surface area contributed by atoms with Crippen LogP contribution in [0.2, 0.25) is 0 Å². The van der Waals surface area contributed by atoms with Gasteiger partial charge in [-0.2, -0.15) is 5.26 Å². The monoisotopic (exact) mass is 390 g/mol. The molecule has 0 unspecified atom stereocenters. The Morgan fingerprint density at radius 3 is 2.32 bits per heavy atom. The zero-order chi connectivity index (χ0) is 21.0. The maximum atomic E-state index is 14.9. The molecule has 28 heavy (non-hydrogen) atoms. The normalized spacial score (nSPS) is 10.2. The number of hydrogen-bond acceptors (Lipinski definition) is 7. The van der Waals surface area contributed by atoms with Crippen LogP contribution in [-0.2, 0) is 9.59 Å². The number of aliphatic carboxylic acids is 2. The van der Waals surface area contributed by atoms with Gasteiger partial charge in [0.05, 0.1) is 23.7 Å². The van der Waals surface area contributed by atoms with Gasteiger partial charge in [0.1, 0.15) is 11.5 Å². The van der Waals surface area contributed by atoms with Crippen molar-refractivity contribution in [1.82, 2.24) is 0 Å². The van der Waals surface area contributed by atoms with Crippen molar-refractivity contribution >= 4 is 17.6 Å². The highest BCUT2D eigenvalue weighted by atomic mass is 19.1. The minimum absolute atomic E-state index is 0.0440. The molecule has 0 fully saturated rings. The summed E-state index contributed by atoms with van der Waals surface area (Å²) in [5.74, 6) is -8.61. The van der Waals surface area contributed by atoms with Crippen LogP contribution < -0.4 is 9.47 Å². The Labute approximate surface area is 156 Å². The van der Waals surface area contributed by atoms with Crippen molar-refractivity contribution < 1.29 is 38.6 Å². The number of nitro groups is 1. The third kappa shape index (κ3) is 3.96. The Morgan fingerprint density at radius 1 is 1.21 bits per heavy atom. The fourth-order valence-corrected chi connectivity index (χ4v) is 2.33. The van der Waals surface area contributed by atoms with E-state index in [1.54, 1.807) is 6.07 Å². The van der Waals surface area contributed by atoms with E-state index in [-0.39, 0.29) is 17.1 Å². The first-order valence-electron chi connectivity index (χ1n) is 7.39. The smallest absolute Gasteiger partial charge is 0.322 e. The van der Waals surface area contributed by atoms with Gasteiger partial charge < -0.3 is 19.7 Å². The second kappa shape index (κ2) is 8.00. The van der Waals surface area contributed by atoms with Crippen molar-refractivity contribution in [2.75, 3.05) is 7.11 Å². The molecule has 0 spiro atoms. The summed E-state index contributed by atoms with van der Waals surface area (Å²) in [5, 5.41) is 38.3. The van der Waals surface area contributed by atoms with E-state index in [0.717, 1.165) is 12.1 Å². The van der Waals surface area contributed by atoms with E-state index >= 15 is 0 Å². The molecule has 2 aromatic carbocycles. The number of carbonyl (C=O) groups is 2. The van der Waals surface area contributed by atoms with Crippen LogP contribution in [0.3, 0.4) is 0 Å². The summed E-state index contributed by atoms with van der Waals surface area (Å²) in [4.78, 5) is 32.6. The summed E-state index contributed by atoms with van der Waals surface area (Å²) in [6.45, 7) is 0. The second-order valence-corrected chi connectivity index (χ2v) is 5.29. The number of benzene rings is 2. The lowest BCUT2D eigenvalue weighted by atomic mass is 9.98. The van der Waals surface area contributed by atoms with Crippen LogP contribution in [0.4, 0.5) is 10.1 Å². The van der Waals surface area contributed by atoms with Gasteiger partial charge in [-0.05, 0) is 18.2 Å². The Morgan fingerprint density at radius 2 is 1.82 bits per heavy atom. The van der Waals surface area contributed by atoms with Gasteiger partial charge in [0.2, 0.25) is 5.75 Å². The van der Waals surface area contributed by atoms with Crippen molar-refractivity contribution in [3.63, 3.8) is 0 Å². The summed E-state index contributed by atoms with van der Waals surface area (Å²) in [7, 11) is 1.29. The number of halogens is 1. The molecule has 2 N–H and O–H groups in total. The van der Waals surface area contributed by atoms with E-state index in [0.29, 0.717) is 6.07 Å². The molecule has 2 aromatic rings. The van der Waals surface area contributed by atoms with E-state index in [9.17, 15) is 24.1 Å². The Bertz CT molecular complexity index is 1000. The third-order valence-corrected chi connectivity index (χ3v) is 3.57. The van der Waals surface area contributed by atoms with Crippen LogP contribution in [0, 0.1) is 27.3 Å². The number of nitro benzene ring substituents is 1. The number of ether oxygens (including phenoxy) is 2. The van der Waals surface area contributed by atoms with Crippen molar-refractivity contribution in [3.8, 4) is 23.3 Å². The second-order valence-electron chi connectivity index (χ2n) is 5.29. The molecule has 10 nitrogen and oxygen atoms in total. The zero-order valence-electron chi connectivity index (χ0n) is 14.1. The van der Waals surface area contributed by atoms with Crippen molar-refractivity contribution in [1.29, 1.82) is 5.26 Å². The SMILES string of the molecule is COc1cc(C#N)cc(Oc2c([N+](=O)[O-])ccc(C(C(=O)O)C(=O)O)c2F)c1. The largest absolute Gasteiger partial charge is 0.497 e. The fraction of sp³-hybridized carbons (Fsp3) is 0.118. The average Bonchev–Trinajstić information content (AvgIpc) is 2.63. The summed E-state index contributed by atoms with van der Waals surface area (Å²) in [6, 6.07) is 6.91. The van der Waals surface area contributed by atoms with Crippen LogP contribution in [0.5, 0.6) is 17.2 Å². The van der Waals surface area contributed by atoms with Gasteiger partial charge in [-0.3, -0.25) is 19.7 Å². The maximum Gasteiger partial charge on any atom is 0.322 e. The van der Waals surface area contributed by atoms with Crippen molar-refractivity contribution in [2.45, 2.75) is 5.92 Å². The quantitative estimate of drug-likeness (QED) is 0.411. The first-order chi connectivity index (χ1) is 13.2. The summed E-state index contributed by atoms with van der Waals surface area (Å²) in [5.41, 5.74) is -1.65. The molecule has 0 aromatic heterocycles. The lowest BCUT2D eigenvalue weighted by Crippen LogP contribution is -2.22. The van der Waals surface area contributed by atoms with Crippen LogP contribution in [0.1, 0.15) is 17.0 Å². The van der Waals surface area contributed by atoms with Crippen LogP contribution in [0.25, 0.3) is 0 Å². The van der Waals surface area contributed by atoms with Crippen LogP contribution >= 0.6 is 0 Å². The molecule has 2 rings (SSSR count). The number of carboxylic acid groups (broad SMARTS) is 2. The predicted molar refractivity (Wildman–Crippen MR) is 88.9 cm³/mol. The van der Waals surface area contributed by atoms with Gasteiger partial charge in [0, 0.05) is 17.7 Å². The van der Waals surface area contributed by atoms with Gasteiger partial charge in [0.25, 0.3) is 0 Å². The highest BCUT2D eigenvalue weighted by molar-refractivity contribution is 5.99. The molecule has 0 atom stereocenters. The minimum atomic E-state index is -2.30. The van der Waals surface area contributed by atoms with Gasteiger partial charge >= 0.3 is 17.6 Å². The summed E-state index contributed by atoms with van der Waals surface area (Å²) >= 11 is 0. The molecule has 0 aliphatic rings. The molecule has 11 heteroatoms. The average molecular weight is 390 g/mol. The zero-order valence-corrected chi connectivity index (χ0v) is 14.1. The third-order valence-electron chi connectivity index (χ3n) is 3.57. The molecule has 0 saturated heterocycles. The van der Waals surface area contributed by atoms with E-state index in [1.165, 1.54) is 19.2 Å². The molecule has 0 heterocycles. The van der Waals surface area contributed by atoms with Crippen molar-refractivity contribution in [3.05, 3.63) is 57.4 Å². The highest BCUT2D eigenvalue weighted by Crippen LogP contribution is 2.39. The Kier molecular flexibility index (Phi) is 5.75. The number of nitriles is 1. The molecule has 0 amide bonds. The molecule has 0 radical (unpaired) electrons. The number of rotatable bonds is 7. The van der Waals surface area contributed by atoms with E-state index in [2.05, 4.69) is 0 Å². The predicted octanol–water partition coefficient (Wildman–Crippen LogP) is 2.66. The van der Waals surface area contributed by atoms with Crippen LogP contribution in [0.15, 0.2) is 30.3 Å². The lowest BCUT2D eigenvalue weighted by molar-refractivity contribution is -0.385. The van der Waals surface area contributed by atoms with Gasteiger partial charge in [-0.1, -0.05) is 0 Å². The van der Waals surface area contributed by atoms with Gasteiger partial charge in [-0.25, -0.2) is 4.39 Å². The molecular formula is C17H11FN2O8. The first-order valence-corrected chi connectivity index (χ1v) is 7.39. The number of hydrogen-bond donors (Lipinski definition) is 2. The molecular weight excluding hydrogens is 379 g/mol. The fourth-order valence-electron chi connectivity index (χ4n) is 2.33. The summed E-state index contributed by atoms with van der Waals surface area (Å²) < 4.78 is 25.0. The number of nitrogens with zero attached hydrogens (tertiary/aromatic N) is 2. The van der Waals surface area contributed by atoms with Crippen LogP contribution in [-0.4, -0.2) is 34.2 Å². The standard InChI is InChI=1S/C17H11FN2O8/c1-27-9-4-8(7-19)5-10(6-9)28-15-12(20(25)26)3-2-11(14(15)18)13(16(21)22)17(23)24/h2-6,13H,1H3,(H,21,22)(H,23,24). The van der Waals surface area contributed by atoms with E-state index < -0.39 is 45.6 Å². The molecule has 0 aliphatic carbocycles. The van der Waals surface area contributed by atoms with E-state index in [1.807, 2.05) is 0 Å². The summed E-state index contributed by atoms with van der Waals surface area (Å²) in [6.07, 6.45) is 0. The first kappa shape index (κ1) is 20.1. The molecule has 144 valence electrons. The number of carboxylic acids is 2.